The molecule has 1 fully saturated rings. The fraction of sp³-hybridized carbons (Fsp3) is 0.857. The van der Waals surface area contributed by atoms with Crippen molar-refractivity contribution >= 4 is 11.7 Å². The molecule has 5 nitrogen and oxygen atoms in total. The van der Waals surface area contributed by atoms with E-state index >= 15 is 0 Å². The third kappa shape index (κ3) is 3.39. The highest BCUT2D eigenvalue weighted by Gasteiger charge is 2.38. The number of nitrogens with zero attached hydrogens (tertiary/aromatic N) is 1. The average Bonchev–Trinajstić information content (AvgIpc) is 2.45. The number of carbonyl (C=O) groups is 1. The van der Waals surface area contributed by atoms with Gasteiger partial charge >= 0.3 is 0 Å². The van der Waals surface area contributed by atoms with Crippen molar-refractivity contribution < 1.29 is 10.0 Å². The molecule has 0 saturated heterocycles. The number of carbonyl (C=O) groups excluding carboxylic acids is 1. The molecule has 0 aromatic rings. The third-order valence-corrected chi connectivity index (χ3v) is 4.63. The van der Waals surface area contributed by atoms with Crippen molar-refractivity contribution in [3.05, 3.63) is 0 Å². The molecule has 1 aliphatic rings. The highest BCUT2D eigenvalue weighted by Crippen LogP contribution is 2.29. The van der Waals surface area contributed by atoms with Crippen LogP contribution >= 0.6 is 0 Å². The second kappa shape index (κ2) is 6.78. The predicted molar refractivity (Wildman–Crippen MR) is 76.0 cm³/mol. The van der Waals surface area contributed by atoms with Crippen molar-refractivity contribution in [2.45, 2.75) is 65.3 Å². The normalized spacial score (nSPS) is 27.6. The Hall–Kier alpha value is -1.26. The van der Waals surface area contributed by atoms with E-state index in [1.165, 1.54) is 12.8 Å². The summed E-state index contributed by atoms with van der Waals surface area (Å²) < 4.78 is 0. The molecule has 0 aromatic carbocycles. The molecule has 0 spiro atoms. The molecule has 0 aliphatic heterocycles. The number of nitrogens with one attached hydrogen (secondary N) is 1. The van der Waals surface area contributed by atoms with Gasteiger partial charge in [0.2, 0.25) is 5.91 Å². The van der Waals surface area contributed by atoms with Gasteiger partial charge < -0.3 is 16.3 Å². The molecule has 0 aromatic heterocycles. The first-order valence-electron chi connectivity index (χ1n) is 7.28. The van der Waals surface area contributed by atoms with Crippen molar-refractivity contribution in [2.24, 2.45) is 22.2 Å². The summed E-state index contributed by atoms with van der Waals surface area (Å²) in [4.78, 5) is 12.4. The Balaban J connectivity index is 2.76. The standard InChI is InChI=1S/C14H27N3O2/c1-4-10-8-6-7-9-11(10)16-13(18)14(3,5-2)12(15)17-19/h10-11,19H,4-9H2,1-3H3,(H2,15,17)(H,16,18). The van der Waals surface area contributed by atoms with Gasteiger partial charge in [0, 0.05) is 6.04 Å². The third-order valence-electron chi connectivity index (χ3n) is 4.63. The number of nitrogens with two attached hydrogens (primary N) is 1. The number of oxime groups is 1. The van der Waals surface area contributed by atoms with Crippen LogP contribution in [0, 0.1) is 11.3 Å². The first-order valence-corrected chi connectivity index (χ1v) is 7.28. The van der Waals surface area contributed by atoms with Gasteiger partial charge in [0.15, 0.2) is 5.84 Å². The molecule has 3 atom stereocenters. The van der Waals surface area contributed by atoms with E-state index < -0.39 is 5.41 Å². The zero-order chi connectivity index (χ0) is 14.5. The maximum atomic E-state index is 12.4. The highest BCUT2D eigenvalue weighted by atomic mass is 16.4. The molecule has 1 amide bonds. The molecule has 1 saturated carbocycles. The summed E-state index contributed by atoms with van der Waals surface area (Å²) in [5.41, 5.74) is 4.75. The topological polar surface area (TPSA) is 87.7 Å². The van der Waals surface area contributed by atoms with E-state index in [-0.39, 0.29) is 17.8 Å². The van der Waals surface area contributed by atoms with E-state index in [0.29, 0.717) is 12.3 Å². The zero-order valence-electron chi connectivity index (χ0n) is 12.3. The van der Waals surface area contributed by atoms with Crippen LogP contribution in [0.2, 0.25) is 0 Å². The fourth-order valence-electron chi connectivity index (χ4n) is 2.78. The SMILES string of the molecule is CCC1CCCCC1NC(=O)C(C)(CC)C(N)=NO. The van der Waals surface area contributed by atoms with Gasteiger partial charge in [-0.1, -0.05) is 38.3 Å². The quantitative estimate of drug-likeness (QED) is 0.309. The van der Waals surface area contributed by atoms with Crippen LogP contribution < -0.4 is 11.1 Å². The summed E-state index contributed by atoms with van der Waals surface area (Å²) in [6.07, 6.45) is 6.20. The molecule has 19 heavy (non-hydrogen) atoms. The van der Waals surface area contributed by atoms with Gasteiger partial charge in [0.05, 0.1) is 0 Å². The minimum Gasteiger partial charge on any atom is -0.409 e. The molecule has 5 heteroatoms. The Morgan fingerprint density at radius 1 is 1.42 bits per heavy atom. The number of hydrogen-bond acceptors (Lipinski definition) is 3. The smallest absolute Gasteiger partial charge is 0.233 e. The van der Waals surface area contributed by atoms with Crippen molar-refractivity contribution in [2.75, 3.05) is 0 Å². The number of rotatable bonds is 5. The van der Waals surface area contributed by atoms with Crippen molar-refractivity contribution in [3.63, 3.8) is 0 Å². The molecule has 1 aliphatic carbocycles. The lowest BCUT2D eigenvalue weighted by molar-refractivity contribution is -0.128. The minimum atomic E-state index is -0.926. The maximum Gasteiger partial charge on any atom is 0.233 e. The lowest BCUT2D eigenvalue weighted by Crippen LogP contribution is -2.52. The summed E-state index contributed by atoms with van der Waals surface area (Å²) in [6, 6.07) is 0.226. The summed E-state index contributed by atoms with van der Waals surface area (Å²) in [5.74, 6) is 0.401. The van der Waals surface area contributed by atoms with Crippen LogP contribution in [0.25, 0.3) is 0 Å². The van der Waals surface area contributed by atoms with Crippen molar-refractivity contribution in [1.29, 1.82) is 0 Å². The van der Waals surface area contributed by atoms with E-state index in [4.69, 9.17) is 10.9 Å². The number of amides is 1. The lowest BCUT2D eigenvalue weighted by Gasteiger charge is -2.35. The molecular weight excluding hydrogens is 242 g/mol. The molecule has 0 heterocycles. The number of amidine groups is 1. The molecule has 110 valence electrons. The van der Waals surface area contributed by atoms with E-state index in [2.05, 4.69) is 17.4 Å². The molecule has 0 radical (unpaired) electrons. The van der Waals surface area contributed by atoms with Gasteiger partial charge in [-0.05, 0) is 32.1 Å². The van der Waals surface area contributed by atoms with Crippen LogP contribution in [0.5, 0.6) is 0 Å². The Labute approximate surface area is 115 Å². The van der Waals surface area contributed by atoms with Gasteiger partial charge in [-0.3, -0.25) is 4.79 Å². The van der Waals surface area contributed by atoms with Gasteiger partial charge in [0.25, 0.3) is 0 Å². The summed E-state index contributed by atoms with van der Waals surface area (Å²) in [7, 11) is 0. The van der Waals surface area contributed by atoms with Crippen molar-refractivity contribution in [1.82, 2.24) is 5.32 Å². The Kier molecular flexibility index (Phi) is 5.63. The van der Waals surface area contributed by atoms with E-state index in [1.54, 1.807) is 6.92 Å². The van der Waals surface area contributed by atoms with E-state index in [9.17, 15) is 4.79 Å². The molecule has 0 bridgehead atoms. The number of hydrogen-bond donors (Lipinski definition) is 3. The molecule has 4 N–H and O–H groups in total. The fourth-order valence-corrected chi connectivity index (χ4v) is 2.78. The van der Waals surface area contributed by atoms with Crippen molar-refractivity contribution in [3.8, 4) is 0 Å². The summed E-state index contributed by atoms with van der Waals surface area (Å²) >= 11 is 0. The zero-order valence-corrected chi connectivity index (χ0v) is 12.3. The molecular formula is C14H27N3O2. The summed E-state index contributed by atoms with van der Waals surface area (Å²) in [5, 5.41) is 15.0. The maximum absolute atomic E-state index is 12.4. The van der Waals surface area contributed by atoms with Crippen LogP contribution in [0.15, 0.2) is 5.16 Å². The Morgan fingerprint density at radius 2 is 2.05 bits per heavy atom. The van der Waals surface area contributed by atoms with E-state index in [1.807, 2.05) is 6.92 Å². The van der Waals surface area contributed by atoms with Crippen LogP contribution in [0.4, 0.5) is 0 Å². The average molecular weight is 269 g/mol. The monoisotopic (exact) mass is 269 g/mol. The first kappa shape index (κ1) is 15.8. The summed E-state index contributed by atoms with van der Waals surface area (Å²) in [6.45, 7) is 5.76. The van der Waals surface area contributed by atoms with Crippen LogP contribution in [-0.4, -0.2) is 23.0 Å². The lowest BCUT2D eigenvalue weighted by atomic mass is 9.80. The molecule has 1 rings (SSSR count). The first-order chi connectivity index (χ1) is 8.99. The van der Waals surface area contributed by atoms with Crippen LogP contribution in [0.3, 0.4) is 0 Å². The van der Waals surface area contributed by atoms with Crippen LogP contribution in [-0.2, 0) is 4.79 Å². The Morgan fingerprint density at radius 3 is 2.58 bits per heavy atom. The second-order valence-electron chi connectivity index (χ2n) is 5.70. The minimum absolute atomic E-state index is 0.0173. The highest BCUT2D eigenvalue weighted by molar-refractivity contribution is 6.06. The van der Waals surface area contributed by atoms with Gasteiger partial charge in [-0.25, -0.2) is 0 Å². The van der Waals surface area contributed by atoms with E-state index in [0.717, 1.165) is 19.3 Å². The Bertz CT molecular complexity index is 344. The molecule has 3 unspecified atom stereocenters. The van der Waals surface area contributed by atoms with Gasteiger partial charge in [0.1, 0.15) is 5.41 Å². The van der Waals surface area contributed by atoms with Gasteiger partial charge in [-0.2, -0.15) is 0 Å². The second-order valence-corrected chi connectivity index (χ2v) is 5.70. The van der Waals surface area contributed by atoms with Crippen LogP contribution in [0.1, 0.15) is 59.3 Å². The predicted octanol–water partition coefficient (Wildman–Crippen LogP) is 2.23. The largest absolute Gasteiger partial charge is 0.409 e. The van der Waals surface area contributed by atoms with Gasteiger partial charge in [-0.15, -0.1) is 0 Å².